The largest absolute Gasteiger partial charge is 0.369 e. The first-order valence-corrected chi connectivity index (χ1v) is 6.81. The molecule has 0 radical (unpaired) electrons. The molecule has 0 unspecified atom stereocenters. The van der Waals surface area contributed by atoms with Gasteiger partial charge in [-0.25, -0.2) is 0 Å². The van der Waals surface area contributed by atoms with E-state index in [0.29, 0.717) is 18.5 Å². The first kappa shape index (κ1) is 17.2. The molecule has 1 aliphatic rings. The van der Waals surface area contributed by atoms with Crippen molar-refractivity contribution < 1.29 is 12.4 Å². The third-order valence-electron chi connectivity index (χ3n) is 2.69. The smallest absolute Gasteiger partial charge is 0.240 e. The average Bonchev–Trinajstić information content (AvgIpc) is 3.26. The minimum Gasteiger partial charge on any atom is -0.369 e. The number of primary amides is 1. The summed E-state index contributed by atoms with van der Waals surface area (Å²) in [6.07, 6.45) is 1.11. The molecular formula is C15H28N2O2. The number of hydrogen-bond acceptors (Lipinski definition) is 2. The molecule has 1 fully saturated rings. The Bertz CT molecular complexity index is 407. The summed E-state index contributed by atoms with van der Waals surface area (Å²) in [6, 6.07) is 9.04. The van der Waals surface area contributed by atoms with Crippen LogP contribution in [0.4, 0.5) is 5.69 Å². The first-order chi connectivity index (χ1) is 9.15. The Balaban J connectivity index is -0.000000499. The molecule has 4 nitrogen and oxygen atoms in total. The van der Waals surface area contributed by atoms with E-state index in [1.165, 1.54) is 0 Å². The molecule has 0 saturated heterocycles. The maximum Gasteiger partial charge on any atom is 0.240 e. The van der Waals surface area contributed by atoms with Crippen molar-refractivity contribution in [1.82, 2.24) is 0 Å². The van der Waals surface area contributed by atoms with Gasteiger partial charge in [-0.05, 0) is 25.0 Å². The van der Waals surface area contributed by atoms with Gasteiger partial charge in [0.1, 0.15) is 5.41 Å². The van der Waals surface area contributed by atoms with Gasteiger partial charge in [0, 0.05) is 8.54 Å². The normalized spacial score (nSPS) is 13.9. The highest BCUT2D eigenvalue weighted by Crippen LogP contribution is 2.46. The third-order valence-corrected chi connectivity index (χ3v) is 2.69. The van der Waals surface area contributed by atoms with Crippen LogP contribution in [0.1, 0.15) is 43.4 Å². The second-order valence-electron chi connectivity index (χ2n) is 3.77. The van der Waals surface area contributed by atoms with E-state index in [1.807, 2.05) is 45.9 Å². The van der Waals surface area contributed by atoms with E-state index in [2.05, 4.69) is 5.32 Å². The number of hydrogen-bond donors (Lipinski definition) is 2. The van der Waals surface area contributed by atoms with Gasteiger partial charge in [0.05, 0.1) is 0 Å². The Hall–Kier alpha value is -1.84. The SMILES string of the molecule is CC.CC.NC(=O)C1(C(=O)Nc2ccccc2)CC1.[HH].[HH]. The Kier molecular flexibility index (Phi) is 7.49. The Labute approximate surface area is 118 Å². The van der Waals surface area contributed by atoms with Crippen LogP contribution in [0.25, 0.3) is 0 Å². The van der Waals surface area contributed by atoms with E-state index in [4.69, 9.17) is 5.73 Å². The number of anilines is 1. The van der Waals surface area contributed by atoms with Crippen molar-refractivity contribution >= 4 is 17.5 Å². The van der Waals surface area contributed by atoms with Crippen LogP contribution in [0.2, 0.25) is 0 Å². The van der Waals surface area contributed by atoms with E-state index in [-0.39, 0.29) is 8.76 Å². The fraction of sp³-hybridized carbons (Fsp3) is 0.467. The molecule has 0 atom stereocenters. The van der Waals surface area contributed by atoms with Crippen molar-refractivity contribution in [3.8, 4) is 0 Å². The van der Waals surface area contributed by atoms with Crippen molar-refractivity contribution in [2.75, 3.05) is 5.32 Å². The highest BCUT2D eigenvalue weighted by Gasteiger charge is 2.55. The summed E-state index contributed by atoms with van der Waals surface area (Å²) in [4.78, 5) is 22.8. The van der Waals surface area contributed by atoms with Gasteiger partial charge in [0.2, 0.25) is 11.8 Å². The minimum absolute atomic E-state index is 0. The lowest BCUT2D eigenvalue weighted by Crippen LogP contribution is -2.36. The molecule has 3 N–H and O–H groups in total. The van der Waals surface area contributed by atoms with Gasteiger partial charge in [-0.2, -0.15) is 0 Å². The fourth-order valence-corrected chi connectivity index (χ4v) is 1.48. The summed E-state index contributed by atoms with van der Waals surface area (Å²) in [7, 11) is 0. The van der Waals surface area contributed by atoms with Crippen molar-refractivity contribution in [2.45, 2.75) is 40.5 Å². The summed E-state index contributed by atoms with van der Waals surface area (Å²) in [5, 5.41) is 2.69. The molecule has 1 aliphatic carbocycles. The molecule has 0 bridgehead atoms. The Morgan fingerprint density at radius 1 is 1.11 bits per heavy atom. The lowest BCUT2D eigenvalue weighted by atomic mass is 10.1. The summed E-state index contributed by atoms with van der Waals surface area (Å²) in [6.45, 7) is 8.00. The first-order valence-electron chi connectivity index (χ1n) is 6.81. The van der Waals surface area contributed by atoms with Gasteiger partial charge in [-0.3, -0.25) is 9.59 Å². The zero-order valence-corrected chi connectivity index (χ0v) is 12.2. The molecule has 110 valence electrons. The Morgan fingerprint density at radius 2 is 1.58 bits per heavy atom. The van der Waals surface area contributed by atoms with Gasteiger partial charge in [0.15, 0.2) is 0 Å². The maximum atomic E-state index is 11.7. The van der Waals surface area contributed by atoms with Crippen LogP contribution in [-0.2, 0) is 9.59 Å². The van der Waals surface area contributed by atoms with Crippen molar-refractivity contribution in [2.24, 2.45) is 11.1 Å². The molecule has 4 heteroatoms. The van der Waals surface area contributed by atoms with Crippen molar-refractivity contribution in [3.63, 3.8) is 0 Å². The number of amides is 2. The highest BCUT2D eigenvalue weighted by atomic mass is 16.2. The molecule has 1 saturated carbocycles. The molecule has 2 rings (SSSR count). The molecule has 0 aliphatic heterocycles. The molecule has 0 aromatic heterocycles. The topological polar surface area (TPSA) is 72.2 Å². The van der Waals surface area contributed by atoms with Gasteiger partial charge >= 0.3 is 0 Å². The monoisotopic (exact) mass is 268 g/mol. The van der Waals surface area contributed by atoms with E-state index >= 15 is 0 Å². The number of nitrogens with two attached hydrogens (primary N) is 1. The summed E-state index contributed by atoms with van der Waals surface area (Å²) in [5.74, 6) is -0.822. The predicted molar refractivity (Wildman–Crippen MR) is 82.9 cm³/mol. The molecule has 1 aromatic rings. The van der Waals surface area contributed by atoms with Crippen molar-refractivity contribution in [3.05, 3.63) is 30.3 Å². The third kappa shape index (κ3) is 4.39. The van der Waals surface area contributed by atoms with Gasteiger partial charge < -0.3 is 11.1 Å². The fourth-order valence-electron chi connectivity index (χ4n) is 1.48. The van der Waals surface area contributed by atoms with E-state index in [9.17, 15) is 9.59 Å². The molecule has 2 amide bonds. The summed E-state index contributed by atoms with van der Waals surface area (Å²) < 4.78 is 0. The molecule has 0 heterocycles. The summed E-state index contributed by atoms with van der Waals surface area (Å²) >= 11 is 0. The maximum absolute atomic E-state index is 11.7. The second-order valence-corrected chi connectivity index (χ2v) is 3.77. The average molecular weight is 268 g/mol. The van der Waals surface area contributed by atoms with Gasteiger partial charge in [-0.15, -0.1) is 0 Å². The number of para-hydroxylation sites is 1. The quantitative estimate of drug-likeness (QED) is 0.824. The van der Waals surface area contributed by atoms with Gasteiger partial charge in [-0.1, -0.05) is 45.9 Å². The van der Waals surface area contributed by atoms with E-state index in [0.717, 1.165) is 0 Å². The number of rotatable bonds is 3. The van der Waals surface area contributed by atoms with Crippen LogP contribution in [0.5, 0.6) is 0 Å². The molecule has 19 heavy (non-hydrogen) atoms. The van der Waals surface area contributed by atoms with Crippen molar-refractivity contribution in [1.29, 1.82) is 0 Å². The number of carbonyl (C=O) groups excluding carboxylic acids is 2. The van der Waals surface area contributed by atoms with Crippen LogP contribution in [0, 0.1) is 5.41 Å². The molecule has 0 spiro atoms. The zero-order chi connectivity index (χ0) is 14.9. The van der Waals surface area contributed by atoms with Crippen LogP contribution in [0.15, 0.2) is 30.3 Å². The second kappa shape index (κ2) is 8.29. The molecule has 1 aromatic carbocycles. The van der Waals surface area contributed by atoms with Crippen LogP contribution in [-0.4, -0.2) is 11.8 Å². The molecular weight excluding hydrogens is 240 g/mol. The minimum atomic E-state index is -0.949. The standard InChI is InChI=1S/C11H12N2O2.2C2H6.2H2/c12-9(14)11(6-7-11)10(15)13-8-4-2-1-3-5-8;2*1-2;;/h1-5H,6-7H2,(H2,12,14)(H,13,15);2*1-2H3;2*1H. The van der Waals surface area contributed by atoms with Crippen LogP contribution in [0.3, 0.4) is 0 Å². The lowest BCUT2D eigenvalue weighted by Gasteiger charge is -2.11. The number of benzene rings is 1. The predicted octanol–water partition coefficient (Wildman–Crippen LogP) is 3.44. The van der Waals surface area contributed by atoms with Crippen LogP contribution >= 0.6 is 0 Å². The Morgan fingerprint density at radius 3 is 1.95 bits per heavy atom. The van der Waals surface area contributed by atoms with Crippen LogP contribution < -0.4 is 11.1 Å². The number of nitrogens with one attached hydrogen (secondary N) is 1. The van der Waals surface area contributed by atoms with Gasteiger partial charge in [0.25, 0.3) is 0 Å². The number of carbonyl (C=O) groups is 2. The zero-order valence-electron chi connectivity index (χ0n) is 12.2. The van der Waals surface area contributed by atoms with E-state index in [1.54, 1.807) is 12.1 Å². The lowest BCUT2D eigenvalue weighted by molar-refractivity contribution is -0.132. The summed E-state index contributed by atoms with van der Waals surface area (Å²) in [5.41, 5.74) is 4.93. The van der Waals surface area contributed by atoms with E-state index < -0.39 is 11.3 Å². The highest BCUT2D eigenvalue weighted by molar-refractivity contribution is 6.12.